The lowest BCUT2D eigenvalue weighted by Gasteiger charge is -1.80. The third-order valence-electron chi connectivity index (χ3n) is 0.288. The van der Waals surface area contributed by atoms with Crippen molar-refractivity contribution >= 4 is 34.8 Å². The molecule has 0 N–H and O–H groups in total. The summed E-state index contributed by atoms with van der Waals surface area (Å²) >= 11 is 15.2. The summed E-state index contributed by atoms with van der Waals surface area (Å²) < 4.78 is -0.232. The minimum atomic E-state index is -0.240. The summed E-state index contributed by atoms with van der Waals surface area (Å²) in [6.45, 7) is 0. The Bertz CT molecular complexity index is 152. The van der Waals surface area contributed by atoms with E-state index in [9.17, 15) is 0 Å². The molecule has 0 amide bonds. The van der Waals surface area contributed by atoms with Gasteiger partial charge in [0.15, 0.2) is 0 Å². The van der Waals surface area contributed by atoms with Crippen molar-refractivity contribution in [1.29, 1.82) is 0 Å². The molecule has 0 fully saturated rings. The van der Waals surface area contributed by atoms with E-state index in [0.717, 1.165) is 0 Å². The second-order valence-electron chi connectivity index (χ2n) is 0.741. The van der Waals surface area contributed by atoms with Crippen molar-refractivity contribution in [2.45, 2.75) is 0 Å². The molecule has 0 radical (unpaired) electrons. The van der Waals surface area contributed by atoms with Crippen molar-refractivity contribution in [1.82, 2.24) is 0 Å². The zero-order chi connectivity index (χ0) is 6.57. The molecule has 0 aromatic carbocycles. The fourth-order valence-corrected chi connectivity index (χ4v) is 0.186. The summed E-state index contributed by atoms with van der Waals surface area (Å²) in [4.78, 5) is 2.32. The van der Waals surface area contributed by atoms with Gasteiger partial charge < -0.3 is 0 Å². The highest BCUT2D eigenvalue weighted by Crippen LogP contribution is 2.18. The van der Waals surface area contributed by atoms with Gasteiger partial charge in [-0.05, 0) is 10.6 Å². The van der Waals surface area contributed by atoms with Gasteiger partial charge in [0, 0.05) is 4.91 Å². The molecule has 0 aromatic rings. The molecule has 0 atom stereocenters. The molecule has 44 valence electrons. The monoisotopic (exact) mass is 171 g/mol. The molecule has 0 heterocycles. The van der Waals surface area contributed by atoms with E-state index in [4.69, 9.17) is 40.3 Å². The molecule has 0 unspecified atom stereocenters. The van der Waals surface area contributed by atoms with Crippen molar-refractivity contribution < 1.29 is 0 Å². The van der Waals surface area contributed by atoms with E-state index in [0.29, 0.717) is 0 Å². The number of halogens is 3. The predicted molar refractivity (Wildman–Crippen MR) is 33.7 cm³/mol. The van der Waals surface area contributed by atoms with Crippen molar-refractivity contribution in [3.63, 3.8) is 0 Å². The van der Waals surface area contributed by atoms with Gasteiger partial charge in [0.1, 0.15) is 9.65 Å². The fourth-order valence-electron chi connectivity index (χ4n) is 0.0771. The Labute approximate surface area is 60.5 Å². The summed E-state index contributed by atoms with van der Waals surface area (Å²) in [6.07, 6.45) is 0. The van der Waals surface area contributed by atoms with Crippen LogP contribution < -0.4 is 0 Å². The van der Waals surface area contributed by atoms with Gasteiger partial charge >= 0.3 is 0 Å². The van der Waals surface area contributed by atoms with E-state index in [1.54, 1.807) is 0 Å². The van der Waals surface area contributed by atoms with Crippen LogP contribution in [0.15, 0.2) is 14.8 Å². The van der Waals surface area contributed by atoms with Gasteiger partial charge in [-0.25, -0.2) is 0 Å². The second kappa shape index (κ2) is 3.87. The Hall–Kier alpha value is -0.0800. The van der Waals surface area contributed by atoms with Crippen LogP contribution in [0, 0.1) is 0 Å². The van der Waals surface area contributed by atoms with Crippen LogP contribution in [-0.4, -0.2) is 0 Å². The first kappa shape index (κ1) is 7.92. The molecule has 0 bridgehead atoms. The molecule has 0 aromatic heterocycles. The van der Waals surface area contributed by atoms with Crippen LogP contribution >= 0.6 is 34.8 Å². The minimum absolute atomic E-state index is 0.232. The van der Waals surface area contributed by atoms with Crippen molar-refractivity contribution in [3.8, 4) is 0 Å². The van der Waals surface area contributed by atoms with E-state index in [2.05, 4.69) is 10.0 Å². The SMILES string of the molecule is [N-]=[N+]=NC(Cl)=C(Cl)Cl. The first-order chi connectivity index (χ1) is 3.68. The molecular formula is C2Cl3N3. The highest BCUT2D eigenvalue weighted by atomic mass is 35.5. The third kappa shape index (κ3) is 2.99. The summed E-state index contributed by atoms with van der Waals surface area (Å²) in [6, 6.07) is 0. The Morgan fingerprint density at radius 1 is 1.38 bits per heavy atom. The first-order valence-corrected chi connectivity index (χ1v) is 2.57. The number of nitrogens with zero attached hydrogens (tertiary/aromatic N) is 3. The molecule has 0 saturated heterocycles. The number of rotatable bonds is 1. The topological polar surface area (TPSA) is 48.8 Å². The van der Waals surface area contributed by atoms with Gasteiger partial charge in [-0.15, -0.1) is 0 Å². The van der Waals surface area contributed by atoms with Crippen LogP contribution in [-0.2, 0) is 0 Å². The number of hydrogen-bond donors (Lipinski definition) is 0. The largest absolute Gasteiger partial charge is 0.134 e. The van der Waals surface area contributed by atoms with Crippen LogP contribution in [0.4, 0.5) is 0 Å². The average molecular weight is 172 g/mol. The van der Waals surface area contributed by atoms with E-state index >= 15 is 0 Å². The quantitative estimate of drug-likeness (QED) is 0.252. The maximum atomic E-state index is 7.71. The maximum Gasteiger partial charge on any atom is 0.134 e. The minimum Gasteiger partial charge on any atom is -0.0796 e. The zero-order valence-corrected chi connectivity index (χ0v) is 5.74. The van der Waals surface area contributed by atoms with Crippen LogP contribution in [0.3, 0.4) is 0 Å². The van der Waals surface area contributed by atoms with Crippen molar-refractivity contribution in [3.05, 3.63) is 20.1 Å². The zero-order valence-electron chi connectivity index (χ0n) is 3.48. The fraction of sp³-hybridized carbons (Fsp3) is 0. The summed E-state index contributed by atoms with van der Waals surface area (Å²) in [5.74, 6) is 0. The van der Waals surface area contributed by atoms with Gasteiger partial charge in [0.2, 0.25) is 0 Å². The normalized spacial score (nSPS) is 7.38. The Morgan fingerprint density at radius 2 is 1.88 bits per heavy atom. The van der Waals surface area contributed by atoms with Crippen molar-refractivity contribution in [2.24, 2.45) is 5.11 Å². The molecule has 0 saturated carbocycles. The highest BCUT2D eigenvalue weighted by Gasteiger charge is 1.91. The summed E-state index contributed by atoms with van der Waals surface area (Å²) in [7, 11) is 0. The lowest BCUT2D eigenvalue weighted by atomic mass is 11.0. The van der Waals surface area contributed by atoms with Crippen LogP contribution in [0.1, 0.15) is 0 Å². The Balaban J connectivity index is 4.22. The molecule has 0 rings (SSSR count). The maximum absolute atomic E-state index is 7.71. The van der Waals surface area contributed by atoms with Gasteiger partial charge in [-0.3, -0.25) is 0 Å². The molecule has 0 aliphatic carbocycles. The van der Waals surface area contributed by atoms with Gasteiger partial charge in [0.25, 0.3) is 0 Å². The Morgan fingerprint density at radius 3 is 2.00 bits per heavy atom. The smallest absolute Gasteiger partial charge is 0.0796 e. The molecule has 0 aliphatic rings. The third-order valence-corrected chi connectivity index (χ3v) is 1.10. The lowest BCUT2D eigenvalue weighted by Crippen LogP contribution is -1.57. The van der Waals surface area contributed by atoms with E-state index in [-0.39, 0.29) is 9.65 Å². The van der Waals surface area contributed by atoms with E-state index in [1.165, 1.54) is 0 Å². The second-order valence-corrected chi connectivity index (χ2v) is 2.05. The molecule has 6 heteroatoms. The van der Waals surface area contributed by atoms with Gasteiger partial charge in [-0.1, -0.05) is 34.8 Å². The lowest BCUT2D eigenvalue weighted by molar-refractivity contribution is 1.46. The summed E-state index contributed by atoms with van der Waals surface area (Å²) in [5, 5.41) is 2.65. The Kier molecular flexibility index (Phi) is 3.83. The van der Waals surface area contributed by atoms with E-state index < -0.39 is 0 Å². The molecular weight excluding hydrogens is 172 g/mol. The molecule has 0 spiro atoms. The van der Waals surface area contributed by atoms with Crippen LogP contribution in [0.5, 0.6) is 0 Å². The first-order valence-electron chi connectivity index (χ1n) is 1.44. The van der Waals surface area contributed by atoms with E-state index in [1.807, 2.05) is 0 Å². The predicted octanol–water partition coefficient (Wildman–Crippen LogP) is 3.14. The average Bonchev–Trinajstić information content (AvgIpc) is 1.67. The number of hydrogen-bond acceptors (Lipinski definition) is 1. The number of azide groups is 1. The highest BCUT2D eigenvalue weighted by molar-refractivity contribution is 6.59. The van der Waals surface area contributed by atoms with Gasteiger partial charge in [0.05, 0.1) is 0 Å². The van der Waals surface area contributed by atoms with Crippen LogP contribution in [0.2, 0.25) is 0 Å². The molecule has 0 aliphatic heterocycles. The molecule has 8 heavy (non-hydrogen) atoms. The standard InChI is InChI=1S/C2Cl3N3/c3-1(4)2(5)7-8-6. The summed E-state index contributed by atoms with van der Waals surface area (Å²) in [5.41, 5.74) is 7.71. The van der Waals surface area contributed by atoms with Gasteiger partial charge in [-0.2, -0.15) is 0 Å². The molecule has 3 nitrogen and oxygen atoms in total. The van der Waals surface area contributed by atoms with Crippen molar-refractivity contribution in [2.75, 3.05) is 0 Å². The van der Waals surface area contributed by atoms with Crippen LogP contribution in [0.25, 0.3) is 10.4 Å².